The third-order valence-electron chi connectivity index (χ3n) is 8.54. The highest BCUT2D eigenvalue weighted by molar-refractivity contribution is 6.28. The number of rotatable bonds is 4. The van der Waals surface area contributed by atoms with Gasteiger partial charge in [-0.3, -0.25) is 0 Å². The molecule has 0 radical (unpaired) electrons. The zero-order chi connectivity index (χ0) is 27.3. The van der Waals surface area contributed by atoms with E-state index in [0.717, 1.165) is 36.4 Å². The molecule has 3 nitrogen and oxygen atoms in total. The van der Waals surface area contributed by atoms with E-state index in [1.807, 2.05) is 30.3 Å². The molecule has 41 heavy (non-hydrogen) atoms. The second-order valence-corrected chi connectivity index (χ2v) is 10.8. The zero-order valence-corrected chi connectivity index (χ0v) is 22.6. The Bertz CT molecular complexity index is 2110. The average molecular weight is 526 g/mol. The molecule has 0 spiro atoms. The Morgan fingerprint density at radius 1 is 0.585 bits per heavy atom. The number of hydrogen-bond donors (Lipinski definition) is 0. The summed E-state index contributed by atoms with van der Waals surface area (Å²) in [7, 11) is 0. The third kappa shape index (κ3) is 3.65. The molecular weight excluding hydrogens is 498 g/mol. The standard InChI is InChI=1S/C38H27N3/c39-25-29-10-5-7-15-34(29)41(30-12-2-1-3-13-30)36-23-19-28-16-20-31-35(22-18-27-17-21-32(36)38(28)37(27)31)40-24-8-11-26-9-4-6-14-33(26)40/h1-7,9-10,12-23H,8,11,24H2. The second-order valence-electron chi connectivity index (χ2n) is 10.8. The van der Waals surface area contributed by atoms with Crippen LogP contribution in [0, 0.1) is 11.3 Å². The monoisotopic (exact) mass is 525 g/mol. The van der Waals surface area contributed by atoms with Crippen LogP contribution < -0.4 is 9.80 Å². The lowest BCUT2D eigenvalue weighted by atomic mass is 9.91. The number of nitrogens with zero attached hydrogens (tertiary/aromatic N) is 3. The van der Waals surface area contributed by atoms with Crippen molar-refractivity contribution >= 4 is 60.8 Å². The van der Waals surface area contributed by atoms with Crippen molar-refractivity contribution in [1.29, 1.82) is 5.26 Å². The molecule has 0 saturated carbocycles. The van der Waals surface area contributed by atoms with Crippen molar-refractivity contribution in [2.75, 3.05) is 16.3 Å². The van der Waals surface area contributed by atoms with Gasteiger partial charge in [-0.15, -0.1) is 0 Å². The predicted molar refractivity (Wildman–Crippen MR) is 171 cm³/mol. The van der Waals surface area contributed by atoms with Gasteiger partial charge < -0.3 is 9.80 Å². The fourth-order valence-electron chi connectivity index (χ4n) is 6.73. The molecule has 0 saturated heterocycles. The summed E-state index contributed by atoms with van der Waals surface area (Å²) < 4.78 is 0. The third-order valence-corrected chi connectivity index (χ3v) is 8.54. The van der Waals surface area contributed by atoms with Crippen LogP contribution in [0.25, 0.3) is 32.3 Å². The van der Waals surface area contributed by atoms with Gasteiger partial charge in [-0.05, 0) is 82.4 Å². The topological polar surface area (TPSA) is 30.3 Å². The maximum absolute atomic E-state index is 10.0. The highest BCUT2D eigenvalue weighted by Crippen LogP contribution is 2.47. The minimum Gasteiger partial charge on any atom is -0.341 e. The summed E-state index contributed by atoms with van der Waals surface area (Å²) >= 11 is 0. The molecule has 3 heteroatoms. The Balaban J connectivity index is 1.41. The Morgan fingerprint density at radius 3 is 2.12 bits per heavy atom. The van der Waals surface area contributed by atoms with Gasteiger partial charge in [-0.25, -0.2) is 0 Å². The highest BCUT2D eigenvalue weighted by Gasteiger charge is 2.23. The van der Waals surface area contributed by atoms with Crippen LogP contribution in [0.3, 0.4) is 0 Å². The molecule has 0 fully saturated rings. The van der Waals surface area contributed by atoms with Gasteiger partial charge in [-0.1, -0.05) is 84.9 Å². The number of benzene rings is 7. The molecule has 0 amide bonds. The molecular formula is C38H27N3. The number of fused-ring (bicyclic) bond motifs is 1. The maximum Gasteiger partial charge on any atom is 0.101 e. The molecule has 0 aliphatic carbocycles. The van der Waals surface area contributed by atoms with E-state index in [0.29, 0.717) is 5.56 Å². The van der Waals surface area contributed by atoms with E-state index in [9.17, 15) is 5.26 Å². The fourth-order valence-corrected chi connectivity index (χ4v) is 6.73. The zero-order valence-electron chi connectivity index (χ0n) is 22.6. The first kappa shape index (κ1) is 23.5. The van der Waals surface area contributed by atoms with Gasteiger partial charge in [0.2, 0.25) is 0 Å². The molecule has 7 aromatic carbocycles. The van der Waals surface area contributed by atoms with Gasteiger partial charge in [0, 0.05) is 34.4 Å². The van der Waals surface area contributed by atoms with Crippen LogP contribution in [0.2, 0.25) is 0 Å². The quantitative estimate of drug-likeness (QED) is 0.214. The van der Waals surface area contributed by atoms with Crippen molar-refractivity contribution in [3.63, 3.8) is 0 Å². The van der Waals surface area contributed by atoms with Crippen molar-refractivity contribution in [1.82, 2.24) is 0 Å². The van der Waals surface area contributed by atoms with Crippen LogP contribution in [0.1, 0.15) is 17.5 Å². The van der Waals surface area contributed by atoms with Crippen LogP contribution in [0.15, 0.2) is 127 Å². The largest absolute Gasteiger partial charge is 0.341 e. The predicted octanol–water partition coefficient (Wildman–Crippen LogP) is 10.0. The molecule has 1 aliphatic heterocycles. The first-order chi connectivity index (χ1) is 20.3. The lowest BCUT2D eigenvalue weighted by molar-refractivity contribution is 0.768. The first-order valence-corrected chi connectivity index (χ1v) is 14.2. The molecule has 194 valence electrons. The van der Waals surface area contributed by atoms with E-state index in [2.05, 4.69) is 113 Å². The summed E-state index contributed by atoms with van der Waals surface area (Å²) in [4.78, 5) is 4.73. The van der Waals surface area contributed by atoms with Crippen molar-refractivity contribution in [3.8, 4) is 6.07 Å². The number of nitriles is 1. The van der Waals surface area contributed by atoms with Gasteiger partial charge in [-0.2, -0.15) is 5.26 Å². The summed E-state index contributed by atoms with van der Waals surface area (Å²) in [6.45, 7) is 1.01. The fraction of sp³-hybridized carbons (Fsp3) is 0.0789. The van der Waals surface area contributed by atoms with E-state index < -0.39 is 0 Å². The van der Waals surface area contributed by atoms with Crippen LogP contribution in [0.4, 0.5) is 28.4 Å². The summed E-state index contributed by atoms with van der Waals surface area (Å²) in [5.74, 6) is 0. The van der Waals surface area contributed by atoms with Gasteiger partial charge in [0.05, 0.1) is 16.9 Å². The van der Waals surface area contributed by atoms with E-state index >= 15 is 0 Å². The molecule has 0 aromatic heterocycles. The van der Waals surface area contributed by atoms with Crippen molar-refractivity contribution in [2.24, 2.45) is 0 Å². The smallest absolute Gasteiger partial charge is 0.101 e. The number of hydrogen-bond acceptors (Lipinski definition) is 3. The Morgan fingerprint density at radius 2 is 1.27 bits per heavy atom. The molecule has 0 bridgehead atoms. The van der Waals surface area contributed by atoms with Crippen molar-refractivity contribution in [3.05, 3.63) is 139 Å². The number of para-hydroxylation sites is 3. The van der Waals surface area contributed by atoms with E-state index in [1.165, 1.54) is 49.3 Å². The molecule has 0 atom stereocenters. The van der Waals surface area contributed by atoms with Gasteiger partial charge in [0.1, 0.15) is 6.07 Å². The molecule has 1 heterocycles. The maximum atomic E-state index is 10.0. The summed E-state index contributed by atoms with van der Waals surface area (Å²) in [5, 5.41) is 17.5. The summed E-state index contributed by atoms with van der Waals surface area (Å²) in [5.41, 5.74) is 7.61. The van der Waals surface area contributed by atoms with Crippen LogP contribution in [-0.2, 0) is 6.42 Å². The van der Waals surface area contributed by atoms with Crippen LogP contribution in [0.5, 0.6) is 0 Å². The minimum absolute atomic E-state index is 0.646. The molecule has 0 unspecified atom stereocenters. The van der Waals surface area contributed by atoms with Crippen LogP contribution in [-0.4, -0.2) is 6.54 Å². The average Bonchev–Trinajstić information content (AvgIpc) is 3.04. The summed E-state index contributed by atoms with van der Waals surface area (Å²) in [6.07, 6.45) is 2.27. The molecule has 8 rings (SSSR count). The molecule has 7 aromatic rings. The van der Waals surface area contributed by atoms with Gasteiger partial charge in [0.25, 0.3) is 0 Å². The van der Waals surface area contributed by atoms with E-state index in [1.54, 1.807) is 0 Å². The first-order valence-electron chi connectivity index (χ1n) is 14.2. The molecule has 1 aliphatic rings. The lowest BCUT2D eigenvalue weighted by Crippen LogP contribution is -2.24. The minimum atomic E-state index is 0.646. The van der Waals surface area contributed by atoms with E-state index in [4.69, 9.17) is 0 Å². The lowest BCUT2D eigenvalue weighted by Gasteiger charge is -2.33. The Hall–Kier alpha value is -5.33. The Labute approximate surface area is 239 Å². The Kier molecular flexibility index (Phi) is 5.40. The summed E-state index contributed by atoms with van der Waals surface area (Å²) in [6, 6.07) is 47.5. The van der Waals surface area contributed by atoms with Gasteiger partial charge in [0.15, 0.2) is 0 Å². The SMILES string of the molecule is N#Cc1ccccc1N(c1ccccc1)c1ccc2ccc3c(N4CCCc5ccccc54)ccc4ccc1c2c43. The second kappa shape index (κ2) is 9.40. The van der Waals surface area contributed by atoms with Crippen LogP contribution >= 0.6 is 0 Å². The number of anilines is 5. The van der Waals surface area contributed by atoms with Crippen molar-refractivity contribution < 1.29 is 0 Å². The number of aryl methyl sites for hydroxylation is 1. The van der Waals surface area contributed by atoms with Gasteiger partial charge >= 0.3 is 0 Å². The van der Waals surface area contributed by atoms with Crippen molar-refractivity contribution in [2.45, 2.75) is 12.8 Å². The normalized spacial score (nSPS) is 13.0. The molecule has 0 N–H and O–H groups in total. The highest BCUT2D eigenvalue weighted by atomic mass is 15.2. The van der Waals surface area contributed by atoms with E-state index in [-0.39, 0.29) is 0 Å².